The van der Waals surface area contributed by atoms with Crippen molar-refractivity contribution in [2.24, 2.45) is 5.73 Å². The predicted octanol–water partition coefficient (Wildman–Crippen LogP) is 1.56. The molecule has 2 aromatic rings. The van der Waals surface area contributed by atoms with E-state index in [2.05, 4.69) is 10.6 Å². The van der Waals surface area contributed by atoms with Crippen LogP contribution >= 0.6 is 0 Å². The molecule has 0 bridgehead atoms. The fraction of sp³-hybridized carbons (Fsp3) is 0.211. The van der Waals surface area contributed by atoms with Crippen LogP contribution in [0.1, 0.15) is 27.1 Å². The van der Waals surface area contributed by atoms with Gasteiger partial charge in [0, 0.05) is 24.6 Å². The highest BCUT2D eigenvalue weighted by atomic mass is 16.5. The van der Waals surface area contributed by atoms with Gasteiger partial charge in [-0.25, -0.2) is 0 Å². The Bertz CT molecular complexity index is 829. The van der Waals surface area contributed by atoms with Gasteiger partial charge in [0.25, 0.3) is 11.8 Å². The zero-order chi connectivity index (χ0) is 19.8. The standard InChI is InChI=1S/C19H21N3O5/c1-26-13-9-12(10-14(11-13)27-2)19(25)21-8-7-17(23)22-16-6-4-3-5-15(16)18(20)24/h3-6,9-11H,7-8H2,1-2H3,(H2,20,24)(H,21,25)(H,22,23). The summed E-state index contributed by atoms with van der Waals surface area (Å²) in [6.45, 7) is 0.114. The van der Waals surface area contributed by atoms with Gasteiger partial charge in [-0.15, -0.1) is 0 Å². The van der Waals surface area contributed by atoms with Gasteiger partial charge in [0.1, 0.15) is 11.5 Å². The van der Waals surface area contributed by atoms with E-state index in [1.807, 2.05) is 0 Å². The molecule has 0 aliphatic rings. The number of rotatable bonds is 8. The van der Waals surface area contributed by atoms with Crippen LogP contribution in [0, 0.1) is 0 Å². The predicted molar refractivity (Wildman–Crippen MR) is 100 cm³/mol. The van der Waals surface area contributed by atoms with Crippen LogP contribution in [-0.2, 0) is 4.79 Å². The van der Waals surface area contributed by atoms with E-state index in [1.54, 1.807) is 36.4 Å². The first-order chi connectivity index (χ1) is 12.9. The van der Waals surface area contributed by atoms with Crippen LogP contribution in [0.3, 0.4) is 0 Å². The molecule has 0 aliphatic carbocycles. The van der Waals surface area contributed by atoms with Crippen molar-refractivity contribution in [2.45, 2.75) is 6.42 Å². The lowest BCUT2D eigenvalue weighted by Crippen LogP contribution is -2.28. The van der Waals surface area contributed by atoms with Crippen molar-refractivity contribution < 1.29 is 23.9 Å². The zero-order valence-electron chi connectivity index (χ0n) is 15.1. The maximum atomic E-state index is 12.2. The molecule has 0 fully saturated rings. The molecule has 8 heteroatoms. The van der Waals surface area contributed by atoms with Gasteiger partial charge in [-0.3, -0.25) is 14.4 Å². The summed E-state index contributed by atoms with van der Waals surface area (Å²) < 4.78 is 10.3. The van der Waals surface area contributed by atoms with Gasteiger partial charge in [0.15, 0.2) is 0 Å². The van der Waals surface area contributed by atoms with E-state index >= 15 is 0 Å². The number of amides is 3. The Morgan fingerprint density at radius 1 is 1.00 bits per heavy atom. The third kappa shape index (κ3) is 5.46. The van der Waals surface area contributed by atoms with E-state index in [1.165, 1.54) is 20.3 Å². The summed E-state index contributed by atoms with van der Waals surface area (Å²) in [5, 5.41) is 5.26. The van der Waals surface area contributed by atoms with Gasteiger partial charge in [-0.2, -0.15) is 0 Å². The fourth-order valence-corrected chi connectivity index (χ4v) is 2.35. The van der Waals surface area contributed by atoms with E-state index in [4.69, 9.17) is 15.2 Å². The van der Waals surface area contributed by atoms with E-state index < -0.39 is 5.91 Å². The number of hydrogen-bond donors (Lipinski definition) is 3. The van der Waals surface area contributed by atoms with Crippen molar-refractivity contribution in [3.8, 4) is 11.5 Å². The molecule has 0 atom stereocenters. The monoisotopic (exact) mass is 371 g/mol. The average molecular weight is 371 g/mol. The van der Waals surface area contributed by atoms with E-state index in [0.29, 0.717) is 22.7 Å². The quantitative estimate of drug-likeness (QED) is 0.650. The van der Waals surface area contributed by atoms with Crippen LogP contribution in [0.2, 0.25) is 0 Å². The van der Waals surface area contributed by atoms with Gasteiger partial charge >= 0.3 is 0 Å². The highest BCUT2D eigenvalue weighted by molar-refractivity contribution is 6.03. The molecule has 0 radical (unpaired) electrons. The fourth-order valence-electron chi connectivity index (χ4n) is 2.35. The van der Waals surface area contributed by atoms with Crippen molar-refractivity contribution in [1.29, 1.82) is 0 Å². The van der Waals surface area contributed by atoms with Crippen molar-refractivity contribution in [3.63, 3.8) is 0 Å². The highest BCUT2D eigenvalue weighted by Crippen LogP contribution is 2.22. The maximum Gasteiger partial charge on any atom is 0.251 e. The first-order valence-corrected chi connectivity index (χ1v) is 8.14. The van der Waals surface area contributed by atoms with E-state index in [9.17, 15) is 14.4 Å². The minimum atomic E-state index is -0.633. The topological polar surface area (TPSA) is 120 Å². The average Bonchev–Trinajstić information content (AvgIpc) is 2.67. The summed E-state index contributed by atoms with van der Waals surface area (Å²) >= 11 is 0. The molecule has 142 valence electrons. The molecule has 0 saturated carbocycles. The molecule has 0 heterocycles. The second-order valence-corrected chi connectivity index (χ2v) is 5.57. The minimum Gasteiger partial charge on any atom is -0.497 e. The van der Waals surface area contributed by atoms with Crippen LogP contribution in [0.5, 0.6) is 11.5 Å². The molecular formula is C19H21N3O5. The Balaban J connectivity index is 1.92. The number of para-hydroxylation sites is 1. The Hall–Kier alpha value is -3.55. The summed E-state index contributed by atoms with van der Waals surface area (Å²) in [6, 6.07) is 11.2. The van der Waals surface area contributed by atoms with Gasteiger partial charge in [-0.05, 0) is 24.3 Å². The molecule has 0 saturated heterocycles. The number of nitrogens with two attached hydrogens (primary N) is 1. The van der Waals surface area contributed by atoms with Crippen LogP contribution in [0.25, 0.3) is 0 Å². The van der Waals surface area contributed by atoms with E-state index in [-0.39, 0.29) is 30.3 Å². The summed E-state index contributed by atoms with van der Waals surface area (Å²) in [5.41, 5.74) is 6.18. The molecule has 0 spiro atoms. The number of ether oxygens (including phenoxy) is 2. The number of anilines is 1. The van der Waals surface area contributed by atoms with Crippen molar-refractivity contribution in [2.75, 3.05) is 26.1 Å². The van der Waals surface area contributed by atoms with Crippen LogP contribution < -0.4 is 25.8 Å². The van der Waals surface area contributed by atoms with Gasteiger partial charge in [0.05, 0.1) is 25.5 Å². The van der Waals surface area contributed by atoms with Crippen LogP contribution in [0.4, 0.5) is 5.69 Å². The Kier molecular flexibility index (Phi) is 6.76. The zero-order valence-corrected chi connectivity index (χ0v) is 15.1. The molecule has 0 aromatic heterocycles. The molecule has 0 aliphatic heterocycles. The van der Waals surface area contributed by atoms with E-state index in [0.717, 1.165) is 0 Å². The molecule has 8 nitrogen and oxygen atoms in total. The number of methoxy groups -OCH3 is 2. The van der Waals surface area contributed by atoms with Gasteiger partial charge in [-0.1, -0.05) is 12.1 Å². The molecule has 3 amide bonds. The van der Waals surface area contributed by atoms with Crippen molar-refractivity contribution in [1.82, 2.24) is 5.32 Å². The number of primary amides is 1. The normalized spacial score (nSPS) is 10.0. The molecule has 4 N–H and O–H groups in total. The van der Waals surface area contributed by atoms with Crippen LogP contribution in [0.15, 0.2) is 42.5 Å². The number of hydrogen-bond acceptors (Lipinski definition) is 5. The van der Waals surface area contributed by atoms with Crippen molar-refractivity contribution in [3.05, 3.63) is 53.6 Å². The summed E-state index contributed by atoms with van der Waals surface area (Å²) in [6.07, 6.45) is 0.0277. The SMILES string of the molecule is COc1cc(OC)cc(C(=O)NCCC(=O)Nc2ccccc2C(N)=O)c1. The first-order valence-electron chi connectivity index (χ1n) is 8.14. The number of benzene rings is 2. The maximum absolute atomic E-state index is 12.2. The van der Waals surface area contributed by atoms with Crippen molar-refractivity contribution >= 4 is 23.4 Å². The first kappa shape index (κ1) is 19.8. The summed E-state index contributed by atoms with van der Waals surface area (Å²) in [7, 11) is 2.98. The minimum absolute atomic E-state index is 0.0277. The smallest absolute Gasteiger partial charge is 0.251 e. The van der Waals surface area contributed by atoms with Crippen LogP contribution in [-0.4, -0.2) is 38.5 Å². The number of nitrogens with one attached hydrogen (secondary N) is 2. The molecule has 2 aromatic carbocycles. The lowest BCUT2D eigenvalue weighted by molar-refractivity contribution is -0.116. The molecule has 2 rings (SSSR count). The Morgan fingerprint density at radius 2 is 1.63 bits per heavy atom. The van der Waals surface area contributed by atoms with Gasteiger partial charge < -0.3 is 25.8 Å². The summed E-state index contributed by atoms with van der Waals surface area (Å²) in [5.74, 6) is -0.378. The second kappa shape index (κ2) is 9.23. The number of carbonyl (C=O) groups excluding carboxylic acids is 3. The lowest BCUT2D eigenvalue weighted by Gasteiger charge is -2.10. The molecular weight excluding hydrogens is 350 g/mol. The summed E-state index contributed by atoms with van der Waals surface area (Å²) in [4.78, 5) is 35.7. The molecule has 27 heavy (non-hydrogen) atoms. The third-order valence-corrected chi connectivity index (χ3v) is 3.72. The van der Waals surface area contributed by atoms with Gasteiger partial charge in [0.2, 0.25) is 5.91 Å². The largest absolute Gasteiger partial charge is 0.497 e. The number of carbonyl (C=O) groups is 3. The molecule has 0 unspecified atom stereocenters. The lowest BCUT2D eigenvalue weighted by atomic mass is 10.1. The third-order valence-electron chi connectivity index (χ3n) is 3.72. The highest BCUT2D eigenvalue weighted by Gasteiger charge is 2.12. The Morgan fingerprint density at radius 3 is 2.22 bits per heavy atom. The second-order valence-electron chi connectivity index (χ2n) is 5.57. The Labute approximate surface area is 156 Å².